The molecule has 0 unspecified atom stereocenters. The van der Waals surface area contributed by atoms with Crippen molar-refractivity contribution >= 4 is 52.8 Å². The summed E-state index contributed by atoms with van der Waals surface area (Å²) >= 11 is 6.03. The minimum atomic E-state index is -4.63. The van der Waals surface area contributed by atoms with E-state index in [2.05, 4.69) is 36.2 Å². The number of benzene rings is 3. The first kappa shape index (κ1) is 39.4. The number of halogens is 4. The number of anilines is 3. The Labute approximate surface area is 313 Å². The number of nitrogens with one attached hydrogen (secondary N) is 4. The second-order valence-corrected chi connectivity index (χ2v) is 12.9. The van der Waals surface area contributed by atoms with Crippen molar-refractivity contribution in [2.24, 2.45) is 0 Å². The van der Waals surface area contributed by atoms with E-state index in [1.54, 1.807) is 12.1 Å². The highest BCUT2D eigenvalue weighted by Crippen LogP contribution is 2.48. The van der Waals surface area contributed by atoms with Crippen LogP contribution in [0.25, 0.3) is 0 Å². The first-order valence-corrected chi connectivity index (χ1v) is 17.3. The fraction of sp³-hybridized carbons (Fsp3) is 0.324. The Morgan fingerprint density at radius 1 is 0.907 bits per heavy atom. The van der Waals surface area contributed by atoms with Crippen molar-refractivity contribution in [3.8, 4) is 6.01 Å². The molecule has 1 atom stereocenters. The smallest absolute Gasteiger partial charge is 0.422 e. The summed E-state index contributed by atoms with van der Waals surface area (Å²) in [5, 5.41) is 11.7. The maximum atomic E-state index is 13.1. The zero-order valence-corrected chi connectivity index (χ0v) is 29.8. The van der Waals surface area contributed by atoms with E-state index in [-0.39, 0.29) is 36.8 Å². The van der Waals surface area contributed by atoms with Crippen LogP contribution >= 0.6 is 11.6 Å². The number of methoxy groups -OCH3 is 1. The minimum Gasteiger partial charge on any atom is -0.467 e. The van der Waals surface area contributed by atoms with Gasteiger partial charge in [0.25, 0.3) is 11.8 Å². The number of ketones is 1. The lowest BCUT2D eigenvalue weighted by molar-refractivity contribution is -0.154. The zero-order valence-electron chi connectivity index (χ0n) is 29.0. The number of Topliss-reactive ketones (excluding diaryl/α,β-unsaturated/α-hetero) is 1. The van der Waals surface area contributed by atoms with Gasteiger partial charge in [0.1, 0.15) is 6.04 Å². The van der Waals surface area contributed by atoms with Gasteiger partial charge in [-0.1, -0.05) is 54.1 Å². The molecule has 54 heavy (non-hydrogen) atoms. The Kier molecular flexibility index (Phi) is 13.0. The predicted molar refractivity (Wildman–Crippen MR) is 192 cm³/mol. The predicted octanol–water partition coefficient (Wildman–Crippen LogP) is 5.68. The van der Waals surface area contributed by atoms with E-state index in [1.807, 2.05) is 42.5 Å². The monoisotopic (exact) mass is 767 g/mol. The molecule has 13 nitrogen and oxygen atoms in total. The van der Waals surface area contributed by atoms with E-state index in [1.165, 1.54) is 24.3 Å². The molecule has 1 saturated carbocycles. The molecule has 0 spiro atoms. The Morgan fingerprint density at radius 3 is 2.24 bits per heavy atom. The van der Waals surface area contributed by atoms with Gasteiger partial charge in [0.2, 0.25) is 17.7 Å². The SMILES string of the molecule is COC(=O)[C@H](CCNC(=O)C(=O)CCCc1ccccc1)NC(=O)c1ccc(Nc2nc(NC3(c4ccc(Cl)cc4)CC3)nc(OCC(F)(F)F)n2)cc1. The molecule has 4 N–H and O–H groups in total. The molecule has 0 radical (unpaired) electrons. The lowest BCUT2D eigenvalue weighted by Gasteiger charge is -2.19. The molecule has 1 aliphatic carbocycles. The summed E-state index contributed by atoms with van der Waals surface area (Å²) in [6, 6.07) is 20.9. The van der Waals surface area contributed by atoms with Crippen LogP contribution in [0.15, 0.2) is 78.9 Å². The first-order valence-electron chi connectivity index (χ1n) is 16.9. The number of carbonyl (C=O) groups is 4. The van der Waals surface area contributed by atoms with Crippen LogP contribution in [0, 0.1) is 0 Å². The molecule has 1 fully saturated rings. The highest BCUT2D eigenvalue weighted by molar-refractivity contribution is 6.36. The molecule has 0 aliphatic heterocycles. The van der Waals surface area contributed by atoms with E-state index in [9.17, 15) is 32.3 Å². The van der Waals surface area contributed by atoms with E-state index < -0.39 is 53.9 Å². The quantitative estimate of drug-likeness (QED) is 0.0725. The van der Waals surface area contributed by atoms with Crippen molar-refractivity contribution in [2.45, 2.75) is 56.3 Å². The van der Waals surface area contributed by atoms with E-state index in [0.29, 0.717) is 36.4 Å². The summed E-state index contributed by atoms with van der Waals surface area (Å²) in [5.41, 5.74) is 1.92. The number of amides is 2. The van der Waals surface area contributed by atoms with Crippen LogP contribution in [0.3, 0.4) is 0 Å². The summed E-state index contributed by atoms with van der Waals surface area (Å²) in [6.45, 7) is -1.70. The molecular formula is C37H37ClF3N7O6. The molecule has 2 amide bonds. The van der Waals surface area contributed by atoms with Gasteiger partial charge in [0.15, 0.2) is 6.61 Å². The fourth-order valence-electron chi connectivity index (χ4n) is 5.38. The van der Waals surface area contributed by atoms with Crippen LogP contribution in [-0.2, 0) is 31.1 Å². The van der Waals surface area contributed by atoms with E-state index in [0.717, 1.165) is 18.2 Å². The van der Waals surface area contributed by atoms with Crippen LogP contribution in [0.1, 0.15) is 53.6 Å². The number of ether oxygens (including phenoxy) is 2. The normalized spacial score (nSPS) is 13.6. The third-order valence-corrected chi connectivity index (χ3v) is 8.61. The van der Waals surface area contributed by atoms with Crippen molar-refractivity contribution in [3.63, 3.8) is 0 Å². The number of hydrogen-bond donors (Lipinski definition) is 4. The molecule has 1 aliphatic rings. The lowest BCUT2D eigenvalue weighted by atomic mass is 10.1. The number of nitrogens with zero attached hydrogens (tertiary/aromatic N) is 3. The molecule has 3 aromatic carbocycles. The van der Waals surface area contributed by atoms with Gasteiger partial charge in [-0.3, -0.25) is 14.4 Å². The van der Waals surface area contributed by atoms with Crippen LogP contribution in [0.4, 0.5) is 30.8 Å². The van der Waals surface area contributed by atoms with Gasteiger partial charge >= 0.3 is 18.2 Å². The van der Waals surface area contributed by atoms with Crippen molar-refractivity contribution in [2.75, 3.05) is 30.9 Å². The molecule has 0 saturated heterocycles. The Hall–Kier alpha value is -5.77. The van der Waals surface area contributed by atoms with Gasteiger partial charge in [0, 0.05) is 29.2 Å². The molecule has 4 aromatic rings. The number of rotatable bonds is 18. The maximum Gasteiger partial charge on any atom is 0.422 e. The van der Waals surface area contributed by atoms with Gasteiger partial charge in [-0.15, -0.1) is 0 Å². The van der Waals surface area contributed by atoms with Gasteiger partial charge in [-0.2, -0.15) is 28.1 Å². The average molecular weight is 768 g/mol. The van der Waals surface area contributed by atoms with Crippen LogP contribution in [0.2, 0.25) is 5.02 Å². The molecule has 284 valence electrons. The number of hydrogen-bond acceptors (Lipinski definition) is 11. The minimum absolute atomic E-state index is 0.0226. The van der Waals surface area contributed by atoms with Crippen molar-refractivity contribution in [1.29, 1.82) is 0 Å². The largest absolute Gasteiger partial charge is 0.467 e. The van der Waals surface area contributed by atoms with Crippen LogP contribution < -0.4 is 26.0 Å². The Balaban J connectivity index is 1.18. The zero-order chi connectivity index (χ0) is 38.7. The topological polar surface area (TPSA) is 174 Å². The number of alkyl halides is 3. The van der Waals surface area contributed by atoms with Crippen molar-refractivity contribution < 1.29 is 41.8 Å². The molecule has 5 rings (SSSR count). The number of carbonyl (C=O) groups excluding carboxylic acids is 4. The van der Waals surface area contributed by atoms with E-state index in [4.69, 9.17) is 21.1 Å². The van der Waals surface area contributed by atoms with Gasteiger partial charge in [-0.05, 0) is 79.6 Å². The second kappa shape index (κ2) is 17.8. The standard InChI is InChI=1S/C37H37ClF3N7O6/c1-53-32(52)28(18-21-42-31(51)29(49)9-5-8-23-6-3-2-4-7-23)44-30(50)24-10-16-27(17-11-24)43-33-45-34(47-35(46-33)54-22-37(39,40)41)48-36(19-20-36)25-12-14-26(38)15-13-25/h2-4,6-7,10-17,28H,5,8-9,18-22H2,1H3,(H,42,51)(H,44,50)(H2,43,45,46,47,48)/t28-/m0/s1. The number of esters is 1. The molecule has 1 aromatic heterocycles. The molecule has 0 bridgehead atoms. The third-order valence-electron chi connectivity index (χ3n) is 8.36. The number of aromatic nitrogens is 3. The maximum absolute atomic E-state index is 13.1. The number of aryl methyl sites for hydroxylation is 1. The second-order valence-electron chi connectivity index (χ2n) is 12.4. The summed E-state index contributed by atoms with van der Waals surface area (Å²) in [7, 11) is 1.15. The molecule has 1 heterocycles. The van der Waals surface area contributed by atoms with Gasteiger partial charge in [-0.25, -0.2) is 4.79 Å². The highest BCUT2D eigenvalue weighted by Gasteiger charge is 2.45. The van der Waals surface area contributed by atoms with Gasteiger partial charge in [0.05, 0.1) is 12.6 Å². The lowest BCUT2D eigenvalue weighted by Crippen LogP contribution is -2.44. The molecule has 17 heteroatoms. The summed E-state index contributed by atoms with van der Waals surface area (Å²) in [5.74, 6) is -2.90. The van der Waals surface area contributed by atoms with Crippen LogP contribution in [-0.4, -0.2) is 71.0 Å². The summed E-state index contributed by atoms with van der Waals surface area (Å²) in [4.78, 5) is 62.4. The van der Waals surface area contributed by atoms with Crippen molar-refractivity contribution in [1.82, 2.24) is 25.6 Å². The van der Waals surface area contributed by atoms with E-state index >= 15 is 0 Å². The van der Waals surface area contributed by atoms with Crippen LogP contribution in [0.5, 0.6) is 6.01 Å². The van der Waals surface area contributed by atoms with Gasteiger partial charge < -0.3 is 30.7 Å². The Morgan fingerprint density at radius 2 is 1.59 bits per heavy atom. The molecular weight excluding hydrogens is 731 g/mol. The first-order chi connectivity index (χ1) is 25.8. The summed E-state index contributed by atoms with van der Waals surface area (Å²) in [6.07, 6.45) is -2.04. The third kappa shape index (κ3) is 11.6. The highest BCUT2D eigenvalue weighted by atomic mass is 35.5. The summed E-state index contributed by atoms with van der Waals surface area (Å²) < 4.78 is 48.5. The Bertz CT molecular complexity index is 1930. The van der Waals surface area contributed by atoms with Crippen molar-refractivity contribution in [3.05, 3.63) is 101 Å². The average Bonchev–Trinajstić information content (AvgIpc) is 3.93. The fourth-order valence-corrected chi connectivity index (χ4v) is 5.51.